The summed E-state index contributed by atoms with van der Waals surface area (Å²) in [7, 11) is 0. The zero-order valence-corrected chi connectivity index (χ0v) is 9.31. The molecule has 1 rings (SSSR count). The van der Waals surface area contributed by atoms with E-state index in [9.17, 15) is 4.79 Å². The molecule has 0 atom stereocenters. The molecular weight excluding hydrogens is 229 g/mol. The number of benzene rings is 1. The molecule has 1 radical (unpaired) electrons. The van der Waals surface area contributed by atoms with Crippen molar-refractivity contribution in [3.8, 4) is 0 Å². The smallest absolute Gasteiger partial charge is 0.328 e. The third kappa shape index (κ3) is 4.42. The molecule has 0 fully saturated rings. The van der Waals surface area contributed by atoms with Crippen LogP contribution >= 0.6 is 0 Å². The first-order chi connectivity index (χ1) is 5.29. The predicted octanol–water partition coefficient (Wildman–Crippen LogP) is 1.78. The van der Waals surface area contributed by atoms with Crippen LogP contribution in [-0.2, 0) is 37.5 Å². The van der Waals surface area contributed by atoms with Gasteiger partial charge in [-0.05, 0) is 11.6 Å². The zero-order valence-electron chi connectivity index (χ0n) is 6.47. The first-order valence-electron chi connectivity index (χ1n) is 3.25. The van der Waals surface area contributed by atoms with E-state index in [0.717, 1.165) is 11.6 Å². The Labute approximate surface area is 96.2 Å². The zero-order chi connectivity index (χ0) is 8.10. The van der Waals surface area contributed by atoms with Crippen LogP contribution in [0.4, 0.5) is 0 Å². The van der Waals surface area contributed by atoms with Crippen LogP contribution in [0, 0.1) is 0 Å². The van der Waals surface area contributed by atoms with E-state index in [1.165, 1.54) is 0 Å². The minimum absolute atomic E-state index is 0. The van der Waals surface area contributed by atoms with Crippen molar-refractivity contribution in [2.45, 2.75) is 0 Å². The first kappa shape index (κ1) is 11.5. The Morgan fingerprint density at radius 3 is 2.33 bits per heavy atom. The second-order valence-corrected chi connectivity index (χ2v) is 2.08. The van der Waals surface area contributed by atoms with Gasteiger partial charge < -0.3 is 5.11 Å². The van der Waals surface area contributed by atoms with Crippen molar-refractivity contribution in [1.29, 1.82) is 0 Å². The number of hydrogen-bond acceptors (Lipinski definition) is 1. The average molecular weight is 237 g/mol. The molecule has 0 saturated carbocycles. The molecular formula is C9H8O2Y. The SMILES string of the molecule is O=C(O)/C=C/c1ccccc1.[Y]. The van der Waals surface area contributed by atoms with Gasteiger partial charge in [-0.2, -0.15) is 0 Å². The largest absolute Gasteiger partial charge is 0.478 e. The fourth-order valence-electron chi connectivity index (χ4n) is 0.732. The van der Waals surface area contributed by atoms with Crippen molar-refractivity contribution in [3.63, 3.8) is 0 Å². The number of aliphatic carboxylic acids is 1. The molecule has 59 valence electrons. The van der Waals surface area contributed by atoms with Crippen LogP contribution in [0.15, 0.2) is 36.4 Å². The molecule has 0 spiro atoms. The van der Waals surface area contributed by atoms with Gasteiger partial charge in [-0.15, -0.1) is 0 Å². The van der Waals surface area contributed by atoms with Gasteiger partial charge >= 0.3 is 5.97 Å². The third-order valence-corrected chi connectivity index (χ3v) is 1.22. The number of rotatable bonds is 2. The predicted molar refractivity (Wildman–Crippen MR) is 43.1 cm³/mol. The van der Waals surface area contributed by atoms with Crippen molar-refractivity contribution >= 4 is 12.0 Å². The maximum atomic E-state index is 10.1. The van der Waals surface area contributed by atoms with Gasteiger partial charge in [-0.3, -0.25) is 0 Å². The van der Waals surface area contributed by atoms with Crippen molar-refractivity contribution in [2.75, 3.05) is 0 Å². The molecule has 3 heteroatoms. The summed E-state index contributed by atoms with van der Waals surface area (Å²) in [6.45, 7) is 0. The Kier molecular flexibility index (Phi) is 5.86. The van der Waals surface area contributed by atoms with Crippen molar-refractivity contribution in [2.24, 2.45) is 0 Å². The summed E-state index contributed by atoms with van der Waals surface area (Å²) in [5.41, 5.74) is 0.898. The maximum absolute atomic E-state index is 10.1. The Morgan fingerprint density at radius 2 is 1.83 bits per heavy atom. The molecule has 0 aliphatic rings. The Hall–Kier alpha value is -0.466. The van der Waals surface area contributed by atoms with E-state index in [2.05, 4.69) is 0 Å². The van der Waals surface area contributed by atoms with Gasteiger partial charge in [0.1, 0.15) is 0 Å². The fourth-order valence-corrected chi connectivity index (χ4v) is 0.732. The van der Waals surface area contributed by atoms with E-state index in [1.54, 1.807) is 6.08 Å². The van der Waals surface area contributed by atoms with Gasteiger partial charge in [0.2, 0.25) is 0 Å². The number of carboxylic acids is 1. The number of carboxylic acid groups (broad SMARTS) is 1. The Bertz CT molecular complexity index is 267. The van der Waals surface area contributed by atoms with Crippen LogP contribution in [-0.4, -0.2) is 11.1 Å². The number of hydrogen-bond donors (Lipinski definition) is 1. The second-order valence-electron chi connectivity index (χ2n) is 2.08. The summed E-state index contributed by atoms with van der Waals surface area (Å²) >= 11 is 0. The van der Waals surface area contributed by atoms with E-state index in [0.29, 0.717) is 0 Å². The van der Waals surface area contributed by atoms with Gasteiger partial charge in [-0.1, -0.05) is 30.3 Å². The first-order valence-corrected chi connectivity index (χ1v) is 3.25. The van der Waals surface area contributed by atoms with E-state index in [-0.39, 0.29) is 32.7 Å². The van der Waals surface area contributed by atoms with Crippen LogP contribution in [0.1, 0.15) is 5.56 Å². The molecule has 12 heavy (non-hydrogen) atoms. The molecule has 0 amide bonds. The standard InChI is InChI=1S/C9H8O2.Y/c10-9(11)7-6-8-4-2-1-3-5-8;/h1-7H,(H,10,11);/b7-6+;. The van der Waals surface area contributed by atoms with Crippen molar-refractivity contribution < 1.29 is 42.6 Å². The molecule has 0 unspecified atom stereocenters. The fraction of sp³-hybridized carbons (Fsp3) is 0. The minimum atomic E-state index is -0.922. The molecule has 1 aromatic carbocycles. The Balaban J connectivity index is 0.00000121. The summed E-state index contributed by atoms with van der Waals surface area (Å²) in [5, 5.41) is 8.29. The van der Waals surface area contributed by atoms with Gasteiger partial charge in [-0.25, -0.2) is 4.79 Å². The molecule has 0 heterocycles. The van der Waals surface area contributed by atoms with Crippen LogP contribution in [0.2, 0.25) is 0 Å². The third-order valence-electron chi connectivity index (χ3n) is 1.22. The minimum Gasteiger partial charge on any atom is -0.478 e. The van der Waals surface area contributed by atoms with Crippen LogP contribution in [0.25, 0.3) is 6.08 Å². The molecule has 0 saturated heterocycles. The molecule has 1 N–H and O–H groups in total. The van der Waals surface area contributed by atoms with Crippen LogP contribution in [0.5, 0.6) is 0 Å². The average Bonchev–Trinajstić information content (AvgIpc) is 2.03. The van der Waals surface area contributed by atoms with Crippen LogP contribution < -0.4 is 0 Å². The number of carbonyl (C=O) groups is 1. The normalized spacial score (nSPS) is 9.33. The van der Waals surface area contributed by atoms with E-state index < -0.39 is 5.97 Å². The van der Waals surface area contributed by atoms with E-state index in [4.69, 9.17) is 5.11 Å². The topological polar surface area (TPSA) is 37.3 Å². The second kappa shape index (κ2) is 6.09. The quantitative estimate of drug-likeness (QED) is 0.796. The molecule has 0 aromatic heterocycles. The summed E-state index contributed by atoms with van der Waals surface area (Å²) in [6.07, 6.45) is 2.68. The molecule has 0 aliphatic heterocycles. The molecule has 1 aromatic rings. The van der Waals surface area contributed by atoms with Crippen molar-refractivity contribution in [1.82, 2.24) is 0 Å². The maximum Gasteiger partial charge on any atom is 0.328 e. The monoisotopic (exact) mass is 237 g/mol. The van der Waals surface area contributed by atoms with Crippen LogP contribution in [0.3, 0.4) is 0 Å². The Morgan fingerprint density at radius 1 is 1.25 bits per heavy atom. The molecule has 0 bridgehead atoms. The summed E-state index contributed by atoms with van der Waals surface area (Å²) < 4.78 is 0. The van der Waals surface area contributed by atoms with Gasteiger partial charge in [0.15, 0.2) is 0 Å². The summed E-state index contributed by atoms with van der Waals surface area (Å²) in [5.74, 6) is -0.922. The van der Waals surface area contributed by atoms with E-state index >= 15 is 0 Å². The summed E-state index contributed by atoms with van der Waals surface area (Å²) in [6, 6.07) is 9.31. The van der Waals surface area contributed by atoms with Crippen molar-refractivity contribution in [3.05, 3.63) is 42.0 Å². The molecule has 2 nitrogen and oxygen atoms in total. The van der Waals surface area contributed by atoms with E-state index in [1.807, 2.05) is 30.3 Å². The van der Waals surface area contributed by atoms with Gasteiger partial charge in [0.25, 0.3) is 0 Å². The molecule has 0 aliphatic carbocycles. The van der Waals surface area contributed by atoms with Gasteiger partial charge in [0.05, 0.1) is 0 Å². The van der Waals surface area contributed by atoms with Gasteiger partial charge in [0, 0.05) is 38.8 Å². The summed E-state index contributed by atoms with van der Waals surface area (Å²) in [4.78, 5) is 10.1.